The molecule has 0 bridgehead atoms. The van der Waals surface area contributed by atoms with Crippen LogP contribution in [0.1, 0.15) is 17.3 Å². The van der Waals surface area contributed by atoms with Crippen LogP contribution in [0.25, 0.3) is 0 Å². The molecule has 0 spiro atoms. The van der Waals surface area contributed by atoms with E-state index in [4.69, 9.17) is 0 Å². The molecule has 1 aliphatic rings. The molecule has 0 atom stereocenters. The van der Waals surface area contributed by atoms with E-state index in [0.29, 0.717) is 0 Å². The zero-order valence-electron chi connectivity index (χ0n) is 6.55. The highest BCUT2D eigenvalue weighted by molar-refractivity contribution is 7.98. The average molecular weight is 180 g/mol. The van der Waals surface area contributed by atoms with Crippen LogP contribution in [0, 0.1) is 0 Å². The summed E-state index contributed by atoms with van der Waals surface area (Å²) in [4.78, 5) is 15.0. The van der Waals surface area contributed by atoms with Gasteiger partial charge in [0.05, 0.1) is 5.69 Å². The first-order chi connectivity index (χ1) is 5.77. The number of ketones is 1. The Morgan fingerprint density at radius 3 is 3.08 bits per heavy atom. The molecule has 0 saturated carbocycles. The molecule has 2 rings (SSSR count). The SMILES string of the molecule is CC(=O)c1ccc2c(c1)NNS2. The maximum Gasteiger partial charge on any atom is 0.159 e. The molecule has 1 heterocycles. The summed E-state index contributed by atoms with van der Waals surface area (Å²) in [6, 6.07) is 5.62. The molecule has 0 saturated heterocycles. The number of hydrogen-bond acceptors (Lipinski definition) is 4. The van der Waals surface area contributed by atoms with Crippen molar-refractivity contribution in [3.63, 3.8) is 0 Å². The number of hydrogen-bond donors (Lipinski definition) is 2. The molecular formula is C8H8N2OS. The fourth-order valence-electron chi connectivity index (χ4n) is 1.07. The Morgan fingerprint density at radius 1 is 1.50 bits per heavy atom. The smallest absolute Gasteiger partial charge is 0.159 e. The normalized spacial score (nSPS) is 13.8. The minimum absolute atomic E-state index is 0.0940. The standard InChI is InChI=1S/C8H8N2OS/c1-5(11)6-2-3-8-7(4-6)9-10-12-8/h2-4,9-10H,1H3. The van der Waals surface area contributed by atoms with Gasteiger partial charge in [-0.25, -0.2) is 0 Å². The molecular weight excluding hydrogens is 172 g/mol. The highest BCUT2D eigenvalue weighted by Crippen LogP contribution is 2.30. The van der Waals surface area contributed by atoms with Crippen molar-refractivity contribution in [3.8, 4) is 0 Å². The second-order valence-corrected chi connectivity index (χ2v) is 3.44. The molecule has 0 fully saturated rings. The predicted octanol–water partition coefficient (Wildman–Crippen LogP) is 1.83. The van der Waals surface area contributed by atoms with Crippen LogP contribution in [0.4, 0.5) is 5.69 Å². The van der Waals surface area contributed by atoms with E-state index in [1.165, 1.54) is 11.9 Å². The Labute approximate surface area is 74.6 Å². The van der Waals surface area contributed by atoms with Gasteiger partial charge in [-0.2, -0.15) is 4.83 Å². The van der Waals surface area contributed by atoms with Crippen molar-refractivity contribution in [2.75, 3.05) is 5.43 Å². The highest BCUT2D eigenvalue weighted by atomic mass is 32.2. The lowest BCUT2D eigenvalue weighted by Crippen LogP contribution is -2.04. The summed E-state index contributed by atoms with van der Waals surface area (Å²) in [5.41, 5.74) is 4.68. The van der Waals surface area contributed by atoms with E-state index in [-0.39, 0.29) is 5.78 Å². The Morgan fingerprint density at radius 2 is 2.33 bits per heavy atom. The van der Waals surface area contributed by atoms with Gasteiger partial charge in [-0.05, 0) is 31.0 Å². The van der Waals surface area contributed by atoms with Crippen molar-refractivity contribution < 1.29 is 4.79 Å². The predicted molar refractivity (Wildman–Crippen MR) is 49.1 cm³/mol. The van der Waals surface area contributed by atoms with Crippen LogP contribution in [0.3, 0.4) is 0 Å². The van der Waals surface area contributed by atoms with Gasteiger partial charge in [0.15, 0.2) is 5.78 Å². The minimum atomic E-state index is 0.0940. The molecule has 0 aliphatic carbocycles. The van der Waals surface area contributed by atoms with Crippen molar-refractivity contribution in [1.82, 2.24) is 4.83 Å². The quantitative estimate of drug-likeness (QED) is 0.511. The summed E-state index contributed by atoms with van der Waals surface area (Å²) < 4.78 is 0. The van der Waals surface area contributed by atoms with Gasteiger partial charge in [0.2, 0.25) is 0 Å². The van der Waals surface area contributed by atoms with Gasteiger partial charge in [0.1, 0.15) is 0 Å². The van der Waals surface area contributed by atoms with Gasteiger partial charge in [-0.15, -0.1) is 0 Å². The third-order valence-corrected chi connectivity index (χ3v) is 2.51. The lowest BCUT2D eigenvalue weighted by atomic mass is 10.1. The molecule has 0 aromatic heterocycles. The van der Waals surface area contributed by atoms with Gasteiger partial charge in [0.25, 0.3) is 0 Å². The lowest BCUT2D eigenvalue weighted by molar-refractivity contribution is 0.101. The molecule has 1 aliphatic heterocycles. The van der Waals surface area contributed by atoms with Crippen LogP contribution < -0.4 is 10.3 Å². The maximum atomic E-state index is 11.0. The van der Waals surface area contributed by atoms with Crippen molar-refractivity contribution >= 4 is 23.4 Å². The summed E-state index contributed by atoms with van der Waals surface area (Å²) in [5.74, 6) is 0.0940. The van der Waals surface area contributed by atoms with E-state index in [1.807, 2.05) is 18.2 Å². The van der Waals surface area contributed by atoms with Crippen molar-refractivity contribution in [2.24, 2.45) is 0 Å². The summed E-state index contributed by atoms with van der Waals surface area (Å²) in [6.07, 6.45) is 0. The zero-order valence-corrected chi connectivity index (χ0v) is 7.37. The number of fused-ring (bicyclic) bond motifs is 1. The average Bonchev–Trinajstić information content (AvgIpc) is 2.49. The number of nitrogens with one attached hydrogen (secondary N) is 2. The van der Waals surface area contributed by atoms with E-state index in [0.717, 1.165) is 16.1 Å². The zero-order chi connectivity index (χ0) is 8.55. The molecule has 3 nitrogen and oxygen atoms in total. The summed E-state index contributed by atoms with van der Waals surface area (Å²) in [7, 11) is 0. The number of carbonyl (C=O) groups is 1. The number of anilines is 1. The molecule has 0 radical (unpaired) electrons. The maximum absolute atomic E-state index is 11.0. The number of rotatable bonds is 1. The Hall–Kier alpha value is -1.00. The molecule has 62 valence electrons. The molecule has 2 N–H and O–H groups in total. The highest BCUT2D eigenvalue weighted by Gasteiger charge is 2.11. The fourth-order valence-corrected chi connectivity index (χ4v) is 1.70. The number of Topliss-reactive ketones (excluding diaryl/α,β-unsaturated/α-hetero) is 1. The number of benzene rings is 1. The van der Waals surface area contributed by atoms with E-state index < -0.39 is 0 Å². The first-order valence-electron chi connectivity index (χ1n) is 3.60. The largest absolute Gasteiger partial charge is 0.310 e. The second kappa shape index (κ2) is 2.80. The first kappa shape index (κ1) is 7.64. The second-order valence-electron chi connectivity index (χ2n) is 2.60. The van der Waals surface area contributed by atoms with Crippen LogP contribution in [0.2, 0.25) is 0 Å². The number of carbonyl (C=O) groups excluding carboxylic acids is 1. The summed E-state index contributed by atoms with van der Waals surface area (Å²) in [5, 5.41) is 0. The van der Waals surface area contributed by atoms with Crippen LogP contribution in [-0.2, 0) is 0 Å². The Bertz CT molecular complexity index is 338. The van der Waals surface area contributed by atoms with Crippen molar-refractivity contribution in [3.05, 3.63) is 23.8 Å². The minimum Gasteiger partial charge on any atom is -0.310 e. The third-order valence-electron chi connectivity index (χ3n) is 1.73. The molecule has 0 amide bonds. The molecule has 1 aromatic carbocycles. The topological polar surface area (TPSA) is 41.1 Å². The monoisotopic (exact) mass is 180 g/mol. The Balaban J connectivity index is 2.45. The van der Waals surface area contributed by atoms with Gasteiger partial charge in [-0.3, -0.25) is 4.79 Å². The third kappa shape index (κ3) is 1.19. The molecule has 4 heteroatoms. The van der Waals surface area contributed by atoms with E-state index in [9.17, 15) is 4.79 Å². The molecule has 12 heavy (non-hydrogen) atoms. The van der Waals surface area contributed by atoms with Crippen LogP contribution in [-0.4, -0.2) is 5.78 Å². The first-order valence-corrected chi connectivity index (χ1v) is 4.42. The lowest BCUT2D eigenvalue weighted by Gasteiger charge is -1.98. The van der Waals surface area contributed by atoms with Gasteiger partial charge >= 0.3 is 0 Å². The van der Waals surface area contributed by atoms with Gasteiger partial charge < -0.3 is 5.43 Å². The van der Waals surface area contributed by atoms with Gasteiger partial charge in [-0.1, -0.05) is 6.07 Å². The van der Waals surface area contributed by atoms with E-state index >= 15 is 0 Å². The fraction of sp³-hybridized carbons (Fsp3) is 0.125. The molecule has 0 unspecified atom stereocenters. The molecule has 1 aromatic rings. The van der Waals surface area contributed by atoms with Crippen LogP contribution >= 0.6 is 11.9 Å². The summed E-state index contributed by atoms with van der Waals surface area (Å²) in [6.45, 7) is 1.57. The number of hydrazine groups is 1. The Kier molecular flexibility index (Phi) is 1.78. The van der Waals surface area contributed by atoms with Crippen LogP contribution in [0.15, 0.2) is 23.1 Å². The summed E-state index contributed by atoms with van der Waals surface area (Å²) >= 11 is 1.52. The van der Waals surface area contributed by atoms with E-state index in [1.54, 1.807) is 6.92 Å². The van der Waals surface area contributed by atoms with E-state index in [2.05, 4.69) is 10.3 Å². The van der Waals surface area contributed by atoms with Gasteiger partial charge in [0, 0.05) is 10.5 Å². The van der Waals surface area contributed by atoms with Crippen molar-refractivity contribution in [2.45, 2.75) is 11.8 Å². The van der Waals surface area contributed by atoms with Crippen LogP contribution in [0.5, 0.6) is 0 Å². The van der Waals surface area contributed by atoms with Crippen molar-refractivity contribution in [1.29, 1.82) is 0 Å².